The van der Waals surface area contributed by atoms with Gasteiger partial charge in [-0.25, -0.2) is 4.39 Å². The first kappa shape index (κ1) is 11.7. The van der Waals surface area contributed by atoms with E-state index in [4.69, 9.17) is 16.7 Å². The van der Waals surface area contributed by atoms with E-state index in [2.05, 4.69) is 10.3 Å². The highest BCUT2D eigenvalue weighted by atomic mass is 35.5. The summed E-state index contributed by atoms with van der Waals surface area (Å²) in [4.78, 5) is 4.01. The zero-order valence-electron chi connectivity index (χ0n) is 8.82. The van der Waals surface area contributed by atoms with E-state index < -0.39 is 0 Å². The van der Waals surface area contributed by atoms with Crippen LogP contribution < -0.4 is 5.32 Å². The molecule has 5 heteroatoms. The smallest absolute Gasteiger partial charge is 0.133 e. The summed E-state index contributed by atoms with van der Waals surface area (Å²) in [6.45, 7) is 0.450. The Bertz CT molecular complexity index is 516. The average molecular weight is 253 g/mol. The van der Waals surface area contributed by atoms with E-state index in [-0.39, 0.29) is 11.6 Å². The Morgan fingerprint density at radius 3 is 2.76 bits per heavy atom. The van der Waals surface area contributed by atoms with E-state index in [1.54, 1.807) is 18.2 Å². The number of nitrogens with zero attached hydrogens (tertiary/aromatic N) is 1. The van der Waals surface area contributed by atoms with Gasteiger partial charge in [-0.2, -0.15) is 0 Å². The third kappa shape index (κ3) is 3.07. The summed E-state index contributed by atoms with van der Waals surface area (Å²) in [5.74, 6) is -0.253. The van der Waals surface area contributed by atoms with Crippen molar-refractivity contribution < 1.29 is 9.50 Å². The fourth-order valence-electron chi connectivity index (χ4n) is 1.34. The molecule has 2 rings (SSSR count). The molecule has 17 heavy (non-hydrogen) atoms. The lowest BCUT2D eigenvalue weighted by Gasteiger charge is -2.07. The molecule has 88 valence electrons. The number of pyridine rings is 1. The van der Waals surface area contributed by atoms with Crippen molar-refractivity contribution >= 4 is 17.3 Å². The molecule has 0 saturated carbocycles. The summed E-state index contributed by atoms with van der Waals surface area (Å²) in [7, 11) is 0. The van der Waals surface area contributed by atoms with Crippen LogP contribution in [0.15, 0.2) is 36.5 Å². The Balaban J connectivity index is 2.04. The fraction of sp³-hybridized carbons (Fsp3) is 0.0833. The standard InChI is InChI=1S/C12H10ClFN2O/c13-11-5-8(14)1-4-12(11)16-6-9-2-3-10(17)7-15-9/h1-5,7,16-17H,6H2. The topological polar surface area (TPSA) is 45.1 Å². The first-order chi connectivity index (χ1) is 8.15. The molecular formula is C12H10ClFN2O. The van der Waals surface area contributed by atoms with E-state index in [1.165, 1.54) is 18.3 Å². The Kier molecular flexibility index (Phi) is 3.44. The maximum absolute atomic E-state index is 12.8. The van der Waals surface area contributed by atoms with Gasteiger partial charge in [0, 0.05) is 0 Å². The van der Waals surface area contributed by atoms with Gasteiger partial charge in [0.05, 0.1) is 29.1 Å². The Morgan fingerprint density at radius 1 is 1.29 bits per heavy atom. The minimum absolute atomic E-state index is 0.119. The Morgan fingerprint density at radius 2 is 2.12 bits per heavy atom. The van der Waals surface area contributed by atoms with Crippen molar-refractivity contribution in [2.75, 3.05) is 5.32 Å². The van der Waals surface area contributed by atoms with Gasteiger partial charge in [-0.1, -0.05) is 11.6 Å². The molecule has 0 radical (unpaired) electrons. The van der Waals surface area contributed by atoms with E-state index in [0.29, 0.717) is 17.3 Å². The second-order valence-corrected chi connectivity index (χ2v) is 3.89. The van der Waals surface area contributed by atoms with Crippen molar-refractivity contribution in [1.29, 1.82) is 0 Å². The van der Waals surface area contributed by atoms with E-state index >= 15 is 0 Å². The van der Waals surface area contributed by atoms with Crippen LogP contribution in [0.3, 0.4) is 0 Å². The summed E-state index contributed by atoms with van der Waals surface area (Å²) < 4.78 is 12.8. The van der Waals surface area contributed by atoms with Gasteiger partial charge < -0.3 is 10.4 Å². The van der Waals surface area contributed by atoms with Crippen molar-refractivity contribution in [2.24, 2.45) is 0 Å². The number of halogens is 2. The number of rotatable bonds is 3. The maximum Gasteiger partial charge on any atom is 0.133 e. The molecule has 2 N–H and O–H groups in total. The van der Waals surface area contributed by atoms with Crippen LogP contribution in [0.4, 0.5) is 10.1 Å². The molecule has 1 aromatic carbocycles. The highest BCUT2D eigenvalue weighted by Crippen LogP contribution is 2.22. The summed E-state index contributed by atoms with van der Waals surface area (Å²) in [5, 5.41) is 12.4. The maximum atomic E-state index is 12.8. The van der Waals surface area contributed by atoms with E-state index in [1.807, 2.05) is 0 Å². The molecule has 0 atom stereocenters. The zero-order valence-corrected chi connectivity index (χ0v) is 9.58. The largest absolute Gasteiger partial charge is 0.506 e. The van der Waals surface area contributed by atoms with Gasteiger partial charge in [0.15, 0.2) is 0 Å². The highest BCUT2D eigenvalue weighted by molar-refractivity contribution is 6.33. The monoisotopic (exact) mass is 252 g/mol. The van der Waals surface area contributed by atoms with Crippen molar-refractivity contribution in [3.05, 3.63) is 53.1 Å². The Hall–Kier alpha value is -1.81. The minimum atomic E-state index is -0.372. The fourth-order valence-corrected chi connectivity index (χ4v) is 1.57. The van der Waals surface area contributed by atoms with Gasteiger partial charge in [0.25, 0.3) is 0 Å². The first-order valence-corrected chi connectivity index (χ1v) is 5.36. The summed E-state index contributed by atoms with van der Waals surface area (Å²) in [6.07, 6.45) is 1.36. The number of nitrogens with one attached hydrogen (secondary N) is 1. The molecule has 0 bridgehead atoms. The molecule has 1 aromatic heterocycles. The Labute approximate surface area is 103 Å². The second kappa shape index (κ2) is 5.01. The molecule has 0 saturated heterocycles. The number of anilines is 1. The van der Waals surface area contributed by atoms with Gasteiger partial charge in [-0.05, 0) is 30.3 Å². The number of aromatic hydroxyl groups is 1. The van der Waals surface area contributed by atoms with Gasteiger partial charge in [0.2, 0.25) is 0 Å². The van der Waals surface area contributed by atoms with Crippen molar-refractivity contribution in [3.8, 4) is 5.75 Å². The van der Waals surface area contributed by atoms with Gasteiger partial charge in [-0.15, -0.1) is 0 Å². The number of aromatic nitrogens is 1. The van der Waals surface area contributed by atoms with Crippen LogP contribution in [0.25, 0.3) is 0 Å². The minimum Gasteiger partial charge on any atom is -0.506 e. The average Bonchev–Trinajstić information content (AvgIpc) is 2.30. The first-order valence-electron chi connectivity index (χ1n) is 4.98. The highest BCUT2D eigenvalue weighted by Gasteiger charge is 2.02. The van der Waals surface area contributed by atoms with Crippen LogP contribution in [-0.4, -0.2) is 10.1 Å². The SMILES string of the molecule is Oc1ccc(CNc2ccc(F)cc2Cl)nc1. The van der Waals surface area contributed by atoms with Crippen molar-refractivity contribution in [3.63, 3.8) is 0 Å². The van der Waals surface area contributed by atoms with Crippen LogP contribution in [0.1, 0.15) is 5.69 Å². The molecule has 0 amide bonds. The predicted molar refractivity (Wildman–Crippen MR) is 64.6 cm³/mol. The molecule has 0 unspecified atom stereocenters. The summed E-state index contributed by atoms with van der Waals surface area (Å²) in [6, 6.07) is 7.39. The molecule has 3 nitrogen and oxygen atoms in total. The molecule has 2 aromatic rings. The predicted octanol–water partition coefficient (Wildman–Crippen LogP) is 3.19. The molecule has 0 aliphatic rings. The molecular weight excluding hydrogens is 243 g/mol. The molecule has 0 aliphatic heterocycles. The summed E-state index contributed by atoms with van der Waals surface area (Å²) in [5.41, 5.74) is 1.39. The van der Waals surface area contributed by atoms with Gasteiger partial charge in [0.1, 0.15) is 11.6 Å². The normalized spacial score (nSPS) is 10.2. The number of benzene rings is 1. The number of hydrogen-bond acceptors (Lipinski definition) is 3. The molecule has 0 spiro atoms. The molecule has 1 heterocycles. The van der Waals surface area contributed by atoms with Crippen LogP contribution in [0.5, 0.6) is 5.75 Å². The van der Waals surface area contributed by atoms with Crippen LogP contribution in [0, 0.1) is 5.82 Å². The second-order valence-electron chi connectivity index (χ2n) is 3.49. The van der Waals surface area contributed by atoms with Gasteiger partial charge in [-0.3, -0.25) is 4.98 Å². The lowest BCUT2D eigenvalue weighted by Crippen LogP contribution is -2.01. The lowest BCUT2D eigenvalue weighted by atomic mass is 10.3. The van der Waals surface area contributed by atoms with Crippen LogP contribution in [-0.2, 0) is 6.54 Å². The quantitative estimate of drug-likeness (QED) is 0.882. The van der Waals surface area contributed by atoms with Gasteiger partial charge >= 0.3 is 0 Å². The zero-order chi connectivity index (χ0) is 12.3. The van der Waals surface area contributed by atoms with Crippen molar-refractivity contribution in [1.82, 2.24) is 4.98 Å². The van der Waals surface area contributed by atoms with E-state index in [0.717, 1.165) is 5.69 Å². The van der Waals surface area contributed by atoms with E-state index in [9.17, 15) is 4.39 Å². The van der Waals surface area contributed by atoms with Crippen LogP contribution >= 0.6 is 11.6 Å². The lowest BCUT2D eigenvalue weighted by molar-refractivity contribution is 0.472. The summed E-state index contributed by atoms with van der Waals surface area (Å²) >= 11 is 5.86. The number of hydrogen-bond donors (Lipinski definition) is 2. The van der Waals surface area contributed by atoms with Crippen LogP contribution in [0.2, 0.25) is 5.02 Å². The molecule has 0 aliphatic carbocycles. The van der Waals surface area contributed by atoms with Crippen molar-refractivity contribution in [2.45, 2.75) is 6.54 Å². The third-order valence-corrected chi connectivity index (χ3v) is 2.51. The molecule has 0 fully saturated rings. The third-order valence-electron chi connectivity index (χ3n) is 2.20.